The van der Waals surface area contributed by atoms with Crippen LogP contribution in [0.3, 0.4) is 0 Å². The van der Waals surface area contributed by atoms with E-state index in [0.717, 1.165) is 31.2 Å². The Balaban J connectivity index is 3.02. The van der Waals surface area contributed by atoms with Crippen molar-refractivity contribution in [2.24, 2.45) is 0 Å². The maximum Gasteiger partial charge on any atom is 0.416 e. The van der Waals surface area contributed by atoms with Gasteiger partial charge in [-0.2, -0.15) is 13.2 Å². The van der Waals surface area contributed by atoms with Crippen LogP contribution in [0.15, 0.2) is 24.3 Å². The molecule has 0 fully saturated rings. The zero-order chi connectivity index (χ0) is 11.0. The van der Waals surface area contributed by atoms with Crippen LogP contribution in [-0.2, 0) is 12.0 Å². The molecule has 0 bridgehead atoms. The van der Waals surface area contributed by atoms with Crippen LogP contribution in [0.2, 0.25) is 0 Å². The highest BCUT2D eigenvalue weighted by atomic mass is 19.4. The van der Waals surface area contributed by atoms with E-state index in [-0.39, 0.29) is 5.56 Å². The summed E-state index contributed by atoms with van der Waals surface area (Å²) >= 11 is 0. The van der Waals surface area contributed by atoms with Gasteiger partial charge in [0, 0.05) is 5.56 Å². The number of benzene rings is 1. The van der Waals surface area contributed by atoms with Gasteiger partial charge in [0.15, 0.2) is 0 Å². The first kappa shape index (κ1) is 11.0. The summed E-state index contributed by atoms with van der Waals surface area (Å²) in [7, 11) is 0. The van der Waals surface area contributed by atoms with Crippen LogP contribution in [0.1, 0.15) is 18.1 Å². The lowest BCUT2D eigenvalue weighted by Gasteiger charge is -2.14. The summed E-state index contributed by atoms with van der Waals surface area (Å²) in [4.78, 5) is 0. The van der Waals surface area contributed by atoms with Crippen molar-refractivity contribution in [3.8, 4) is 0 Å². The van der Waals surface area contributed by atoms with E-state index in [0.29, 0.717) is 0 Å². The van der Waals surface area contributed by atoms with E-state index in [1.54, 1.807) is 0 Å². The van der Waals surface area contributed by atoms with Crippen molar-refractivity contribution in [2.45, 2.75) is 19.0 Å². The Kier molecular flexibility index (Phi) is 2.54. The topological polar surface area (TPSA) is 20.2 Å². The SMILES string of the molecule is CC(O)(F)c1ccc(C(F)(F)F)cc1. The van der Waals surface area contributed by atoms with Crippen LogP contribution < -0.4 is 0 Å². The zero-order valence-electron chi connectivity index (χ0n) is 7.27. The second-order valence-electron chi connectivity index (χ2n) is 3.03. The molecule has 0 radical (unpaired) electrons. The molecule has 0 aliphatic carbocycles. The van der Waals surface area contributed by atoms with Gasteiger partial charge >= 0.3 is 6.18 Å². The van der Waals surface area contributed by atoms with Crippen molar-refractivity contribution >= 4 is 0 Å². The predicted octanol–water partition coefficient (Wildman–Crippen LogP) is 2.84. The molecule has 0 aromatic heterocycles. The lowest BCUT2D eigenvalue weighted by molar-refractivity contribution is -0.137. The minimum absolute atomic E-state index is 0.203. The first-order chi connectivity index (χ1) is 6.21. The van der Waals surface area contributed by atoms with Crippen LogP contribution in [0.4, 0.5) is 17.6 Å². The van der Waals surface area contributed by atoms with E-state index in [9.17, 15) is 17.6 Å². The third-order valence-corrected chi connectivity index (χ3v) is 1.74. The van der Waals surface area contributed by atoms with Crippen LogP contribution in [-0.4, -0.2) is 5.11 Å². The number of aliphatic hydroxyl groups is 1. The third kappa shape index (κ3) is 2.45. The summed E-state index contributed by atoms with van der Waals surface area (Å²) in [5, 5.41) is 8.83. The molecule has 1 N–H and O–H groups in total. The molecule has 1 aromatic rings. The second-order valence-corrected chi connectivity index (χ2v) is 3.03. The Morgan fingerprint density at radius 2 is 1.29 bits per heavy atom. The van der Waals surface area contributed by atoms with E-state index in [1.165, 1.54) is 0 Å². The Hall–Kier alpha value is -1.10. The summed E-state index contributed by atoms with van der Waals surface area (Å²) in [6.07, 6.45) is -4.44. The highest BCUT2D eigenvalue weighted by molar-refractivity contribution is 5.26. The van der Waals surface area contributed by atoms with Crippen molar-refractivity contribution in [2.75, 3.05) is 0 Å². The molecule has 0 amide bonds. The average molecular weight is 208 g/mol. The molecule has 1 nitrogen and oxygen atoms in total. The number of rotatable bonds is 1. The highest BCUT2D eigenvalue weighted by Crippen LogP contribution is 2.31. The molecule has 0 saturated heterocycles. The maximum atomic E-state index is 12.8. The smallest absolute Gasteiger partial charge is 0.358 e. The van der Waals surface area contributed by atoms with E-state index in [4.69, 9.17) is 5.11 Å². The van der Waals surface area contributed by atoms with Gasteiger partial charge in [-0.3, -0.25) is 0 Å². The number of alkyl halides is 4. The van der Waals surface area contributed by atoms with Crippen molar-refractivity contribution in [1.82, 2.24) is 0 Å². The van der Waals surface area contributed by atoms with Crippen LogP contribution in [0.5, 0.6) is 0 Å². The van der Waals surface area contributed by atoms with Crippen molar-refractivity contribution in [3.05, 3.63) is 35.4 Å². The van der Waals surface area contributed by atoms with Gasteiger partial charge in [-0.25, -0.2) is 4.39 Å². The molecule has 1 atom stereocenters. The molecule has 0 aliphatic rings. The lowest BCUT2D eigenvalue weighted by atomic mass is 10.1. The standard InChI is InChI=1S/C9H8F4O/c1-8(10,14)6-2-4-7(5-3-6)9(11,12)13/h2-5,14H,1H3. The molecule has 0 heterocycles. The van der Waals surface area contributed by atoms with Crippen LogP contribution >= 0.6 is 0 Å². The summed E-state index contributed by atoms with van der Waals surface area (Å²) in [5.74, 6) is -2.61. The summed E-state index contributed by atoms with van der Waals surface area (Å²) in [6.45, 7) is 0.857. The molecular formula is C9H8F4O. The fraction of sp³-hybridized carbons (Fsp3) is 0.333. The predicted molar refractivity (Wildman–Crippen MR) is 42.1 cm³/mol. The summed E-state index contributed by atoms with van der Waals surface area (Å²) in [6, 6.07) is 3.26. The van der Waals surface area contributed by atoms with E-state index in [1.807, 2.05) is 0 Å². The van der Waals surface area contributed by atoms with E-state index in [2.05, 4.69) is 0 Å². The average Bonchev–Trinajstić information content (AvgIpc) is 2.01. The molecule has 5 heteroatoms. The van der Waals surface area contributed by atoms with E-state index < -0.39 is 17.6 Å². The van der Waals surface area contributed by atoms with Gasteiger partial charge in [-0.1, -0.05) is 12.1 Å². The number of hydrogen-bond acceptors (Lipinski definition) is 1. The monoisotopic (exact) mass is 208 g/mol. The minimum atomic E-state index is -4.44. The Labute approximate surface area is 78.0 Å². The highest BCUT2D eigenvalue weighted by Gasteiger charge is 2.31. The van der Waals surface area contributed by atoms with Gasteiger partial charge < -0.3 is 5.11 Å². The molecule has 1 unspecified atom stereocenters. The van der Waals surface area contributed by atoms with Crippen LogP contribution in [0, 0.1) is 0 Å². The normalized spacial score (nSPS) is 16.4. The minimum Gasteiger partial charge on any atom is -0.358 e. The quantitative estimate of drug-likeness (QED) is 0.703. The largest absolute Gasteiger partial charge is 0.416 e. The Bertz CT molecular complexity index is 274. The van der Waals surface area contributed by atoms with Gasteiger partial charge in [0.1, 0.15) is 0 Å². The first-order valence-electron chi connectivity index (χ1n) is 3.80. The summed E-state index contributed by atoms with van der Waals surface area (Å²) < 4.78 is 49.0. The molecular weight excluding hydrogens is 200 g/mol. The van der Waals surface area contributed by atoms with Gasteiger partial charge in [-0.15, -0.1) is 0 Å². The maximum absolute atomic E-state index is 12.8. The van der Waals surface area contributed by atoms with Gasteiger partial charge in [0.05, 0.1) is 5.56 Å². The molecule has 1 aromatic carbocycles. The van der Waals surface area contributed by atoms with Crippen LogP contribution in [0.25, 0.3) is 0 Å². The van der Waals surface area contributed by atoms with Gasteiger partial charge in [-0.05, 0) is 19.1 Å². The fourth-order valence-electron chi connectivity index (χ4n) is 0.963. The first-order valence-corrected chi connectivity index (χ1v) is 3.80. The van der Waals surface area contributed by atoms with Gasteiger partial charge in [0.2, 0.25) is 5.85 Å². The van der Waals surface area contributed by atoms with Crippen molar-refractivity contribution in [3.63, 3.8) is 0 Å². The number of halogens is 4. The van der Waals surface area contributed by atoms with Crippen molar-refractivity contribution < 1.29 is 22.7 Å². The molecule has 78 valence electrons. The Morgan fingerprint density at radius 1 is 0.929 bits per heavy atom. The van der Waals surface area contributed by atoms with Gasteiger partial charge in [0.25, 0.3) is 0 Å². The second kappa shape index (κ2) is 3.24. The summed E-state index contributed by atoms with van der Waals surface area (Å²) in [5.41, 5.74) is -1.07. The van der Waals surface area contributed by atoms with E-state index >= 15 is 0 Å². The number of hydrogen-bond donors (Lipinski definition) is 1. The molecule has 0 spiro atoms. The third-order valence-electron chi connectivity index (χ3n) is 1.74. The zero-order valence-corrected chi connectivity index (χ0v) is 7.27. The molecule has 1 rings (SSSR count). The van der Waals surface area contributed by atoms with Crippen molar-refractivity contribution in [1.29, 1.82) is 0 Å². The lowest BCUT2D eigenvalue weighted by Crippen LogP contribution is -2.14. The fourth-order valence-corrected chi connectivity index (χ4v) is 0.963. The molecule has 14 heavy (non-hydrogen) atoms. The molecule has 0 saturated carbocycles. The Morgan fingerprint density at radius 3 is 1.57 bits per heavy atom. The molecule has 0 aliphatic heterocycles.